The van der Waals surface area contributed by atoms with E-state index in [0.29, 0.717) is 22.9 Å². The first-order valence-electron chi connectivity index (χ1n) is 13.0. The highest BCUT2D eigenvalue weighted by Crippen LogP contribution is 2.31. The van der Waals surface area contributed by atoms with Gasteiger partial charge in [0.25, 0.3) is 5.91 Å². The molecular formula is C30H35ClN4O2. The number of aromatic nitrogens is 1. The molecule has 0 aliphatic carbocycles. The van der Waals surface area contributed by atoms with Gasteiger partial charge in [-0.05, 0) is 69.4 Å². The van der Waals surface area contributed by atoms with Crippen molar-refractivity contribution in [2.45, 2.75) is 32.5 Å². The second kappa shape index (κ2) is 11.1. The highest BCUT2D eigenvalue weighted by Gasteiger charge is 2.25. The fourth-order valence-corrected chi connectivity index (χ4v) is 5.47. The molecule has 7 heteroatoms. The van der Waals surface area contributed by atoms with E-state index in [9.17, 15) is 4.79 Å². The molecule has 3 aromatic carbocycles. The van der Waals surface area contributed by atoms with Crippen LogP contribution in [0.3, 0.4) is 0 Å². The van der Waals surface area contributed by atoms with Gasteiger partial charge in [-0.1, -0.05) is 35.9 Å². The lowest BCUT2D eigenvalue weighted by atomic mass is 10.1. The molecule has 0 radical (unpaired) electrons. The Morgan fingerprint density at radius 3 is 2.68 bits per heavy atom. The standard InChI is InChI=1S/C30H35ClN4O2/c1-4-35-27-8-6-5-7-24(27)25-17-21(9-11-28(25)35)19-34-15-13-23(20-34)37-29-12-10-22(18-26(29)31)30(36)32-14-16-33(2)3/h5-12,17-18,23H,4,13-16,19-20H2,1-3H3,(H,32,36)/t23-/m0/s1. The third kappa shape index (κ3) is 5.61. The Balaban J connectivity index is 1.21. The number of carbonyl (C=O) groups is 1. The van der Waals surface area contributed by atoms with Gasteiger partial charge in [-0.2, -0.15) is 0 Å². The Hall–Kier alpha value is -3.06. The van der Waals surface area contributed by atoms with Gasteiger partial charge in [0.05, 0.1) is 5.02 Å². The summed E-state index contributed by atoms with van der Waals surface area (Å²) in [5, 5.41) is 6.02. The highest BCUT2D eigenvalue weighted by atomic mass is 35.5. The van der Waals surface area contributed by atoms with Crippen LogP contribution in [-0.2, 0) is 13.1 Å². The zero-order valence-electron chi connectivity index (χ0n) is 21.8. The second-order valence-electron chi connectivity index (χ2n) is 10.1. The van der Waals surface area contributed by atoms with E-state index in [-0.39, 0.29) is 12.0 Å². The third-order valence-electron chi connectivity index (χ3n) is 7.12. The number of halogens is 1. The molecule has 194 valence electrons. The molecule has 1 atom stereocenters. The Morgan fingerprint density at radius 1 is 1.08 bits per heavy atom. The van der Waals surface area contributed by atoms with Crippen LogP contribution in [0, 0.1) is 0 Å². The van der Waals surface area contributed by atoms with Crippen LogP contribution >= 0.6 is 11.6 Å². The molecule has 0 unspecified atom stereocenters. The van der Waals surface area contributed by atoms with Crippen molar-refractivity contribution in [3.05, 3.63) is 76.8 Å². The van der Waals surface area contributed by atoms with Gasteiger partial charge in [-0.15, -0.1) is 0 Å². The molecule has 1 aliphatic heterocycles. The van der Waals surface area contributed by atoms with E-state index in [2.05, 4.69) is 64.2 Å². The van der Waals surface area contributed by atoms with Crippen molar-refractivity contribution in [1.29, 1.82) is 0 Å². The van der Waals surface area contributed by atoms with Gasteiger partial charge >= 0.3 is 0 Å². The van der Waals surface area contributed by atoms with Crippen LogP contribution in [0.1, 0.15) is 29.3 Å². The summed E-state index contributed by atoms with van der Waals surface area (Å²) in [6.07, 6.45) is 1.02. The normalized spacial score (nSPS) is 16.2. The lowest BCUT2D eigenvalue weighted by Crippen LogP contribution is -2.31. The molecule has 5 rings (SSSR count). The maximum atomic E-state index is 12.4. The summed E-state index contributed by atoms with van der Waals surface area (Å²) in [6, 6.07) is 20.8. The van der Waals surface area contributed by atoms with E-state index in [4.69, 9.17) is 16.3 Å². The van der Waals surface area contributed by atoms with E-state index in [1.807, 2.05) is 25.1 Å². The summed E-state index contributed by atoms with van der Waals surface area (Å²) in [5.74, 6) is 0.508. The Bertz CT molecular complexity index is 1410. The van der Waals surface area contributed by atoms with Crippen LogP contribution < -0.4 is 10.1 Å². The molecule has 6 nitrogen and oxygen atoms in total. The molecule has 1 aromatic heterocycles. The second-order valence-corrected chi connectivity index (χ2v) is 10.5. The average Bonchev–Trinajstić information content (AvgIpc) is 3.46. The van der Waals surface area contributed by atoms with Crippen LogP contribution in [0.2, 0.25) is 5.02 Å². The van der Waals surface area contributed by atoms with Gasteiger partial charge in [-0.25, -0.2) is 0 Å². The number of benzene rings is 3. The van der Waals surface area contributed by atoms with Gasteiger partial charge in [0.2, 0.25) is 0 Å². The fourth-order valence-electron chi connectivity index (χ4n) is 5.25. The zero-order valence-corrected chi connectivity index (χ0v) is 22.6. The van der Waals surface area contributed by atoms with Gasteiger partial charge < -0.3 is 19.5 Å². The minimum Gasteiger partial charge on any atom is -0.487 e. The van der Waals surface area contributed by atoms with Crippen molar-refractivity contribution in [2.24, 2.45) is 0 Å². The number of hydrogen-bond acceptors (Lipinski definition) is 4. The number of nitrogens with zero attached hydrogens (tertiary/aromatic N) is 3. The number of amides is 1. The number of aryl methyl sites for hydroxylation is 1. The molecule has 0 bridgehead atoms. The van der Waals surface area contributed by atoms with Gasteiger partial charge in [0, 0.05) is 66.6 Å². The summed E-state index contributed by atoms with van der Waals surface area (Å²) < 4.78 is 8.64. The van der Waals surface area contributed by atoms with E-state index < -0.39 is 0 Å². The van der Waals surface area contributed by atoms with Crippen molar-refractivity contribution in [2.75, 3.05) is 40.3 Å². The number of ether oxygens (including phenoxy) is 1. The predicted molar refractivity (Wildman–Crippen MR) is 152 cm³/mol. The molecule has 1 N–H and O–H groups in total. The highest BCUT2D eigenvalue weighted by molar-refractivity contribution is 6.32. The summed E-state index contributed by atoms with van der Waals surface area (Å²) in [7, 11) is 3.95. The first-order valence-corrected chi connectivity index (χ1v) is 13.4. The fraction of sp³-hybridized carbons (Fsp3) is 0.367. The summed E-state index contributed by atoms with van der Waals surface area (Å²) in [4.78, 5) is 16.8. The van der Waals surface area contributed by atoms with Crippen LogP contribution in [0.25, 0.3) is 21.8 Å². The largest absolute Gasteiger partial charge is 0.487 e. The lowest BCUT2D eigenvalue weighted by molar-refractivity contribution is 0.0951. The number of para-hydroxylation sites is 1. The van der Waals surface area contributed by atoms with Crippen LogP contribution in [0.5, 0.6) is 5.75 Å². The van der Waals surface area contributed by atoms with Gasteiger partial charge in [0.1, 0.15) is 11.9 Å². The number of likely N-dealkylation sites (tertiary alicyclic amines) is 1. The third-order valence-corrected chi connectivity index (χ3v) is 7.42. The quantitative estimate of drug-likeness (QED) is 0.322. The van der Waals surface area contributed by atoms with E-state index in [1.165, 1.54) is 27.4 Å². The Labute approximate surface area is 223 Å². The van der Waals surface area contributed by atoms with Crippen LogP contribution in [-0.4, -0.2) is 66.7 Å². The number of rotatable bonds is 9. The molecule has 4 aromatic rings. The summed E-state index contributed by atoms with van der Waals surface area (Å²) in [5.41, 5.74) is 4.44. The monoisotopic (exact) mass is 518 g/mol. The maximum absolute atomic E-state index is 12.4. The molecule has 1 aliphatic rings. The summed E-state index contributed by atoms with van der Waals surface area (Å²) >= 11 is 6.49. The number of hydrogen-bond donors (Lipinski definition) is 1. The Kier molecular flexibility index (Phi) is 7.70. The van der Waals surface area contributed by atoms with Gasteiger partial charge in [0.15, 0.2) is 0 Å². The van der Waals surface area contributed by atoms with Crippen molar-refractivity contribution in [3.63, 3.8) is 0 Å². The first-order chi connectivity index (χ1) is 17.9. The molecular weight excluding hydrogens is 484 g/mol. The van der Waals surface area contributed by atoms with Crippen molar-refractivity contribution < 1.29 is 9.53 Å². The number of fused-ring (bicyclic) bond motifs is 3. The molecule has 1 saturated heterocycles. The minimum absolute atomic E-state index is 0.0722. The number of carbonyl (C=O) groups excluding carboxylic acids is 1. The van der Waals surface area contributed by atoms with E-state index in [0.717, 1.165) is 39.1 Å². The van der Waals surface area contributed by atoms with E-state index >= 15 is 0 Å². The van der Waals surface area contributed by atoms with Crippen LogP contribution in [0.4, 0.5) is 0 Å². The molecule has 0 saturated carbocycles. The van der Waals surface area contributed by atoms with Crippen molar-refractivity contribution >= 4 is 39.3 Å². The first kappa shape index (κ1) is 25.6. The van der Waals surface area contributed by atoms with Crippen LogP contribution in [0.15, 0.2) is 60.7 Å². The zero-order chi connectivity index (χ0) is 25.9. The minimum atomic E-state index is -0.124. The molecule has 0 spiro atoms. The molecule has 1 amide bonds. The summed E-state index contributed by atoms with van der Waals surface area (Å²) in [6.45, 7) is 7.24. The lowest BCUT2D eigenvalue weighted by Gasteiger charge is -2.18. The number of likely N-dealkylation sites (N-methyl/N-ethyl adjacent to an activating group) is 1. The molecule has 37 heavy (non-hydrogen) atoms. The van der Waals surface area contributed by atoms with E-state index in [1.54, 1.807) is 12.1 Å². The SMILES string of the molecule is CCn1c2ccccc2c2cc(CN3CC[C@H](Oc4ccc(C(=O)NCCN(C)C)cc4Cl)C3)ccc21. The average molecular weight is 519 g/mol. The topological polar surface area (TPSA) is 49.7 Å². The molecule has 2 heterocycles. The number of nitrogens with one attached hydrogen (secondary N) is 1. The molecule has 1 fully saturated rings. The Morgan fingerprint density at radius 2 is 1.89 bits per heavy atom. The van der Waals surface area contributed by atoms with Crippen molar-refractivity contribution in [1.82, 2.24) is 19.7 Å². The van der Waals surface area contributed by atoms with Gasteiger partial charge in [-0.3, -0.25) is 9.69 Å². The smallest absolute Gasteiger partial charge is 0.251 e. The predicted octanol–water partition coefficient (Wildman–Crippen LogP) is 5.41. The maximum Gasteiger partial charge on any atom is 0.251 e. The van der Waals surface area contributed by atoms with Crippen molar-refractivity contribution in [3.8, 4) is 5.75 Å².